The van der Waals surface area contributed by atoms with Gasteiger partial charge < -0.3 is 39.6 Å². The molecule has 0 fully saturated rings. The SMILES string of the molecule is COc1cc(OC)c(OC)cc1/C=C(/NC(=O)c1ccccc1)C(=O)Nc1cccc(SC(C(=O)Nc2ccc3c(c2)OCCO3)c2ccccc2)c1. The van der Waals surface area contributed by atoms with Crippen LogP contribution in [0.15, 0.2) is 126 Å². The summed E-state index contributed by atoms with van der Waals surface area (Å²) in [5.41, 5.74) is 2.58. The number of carbonyl (C=O) groups excluding carboxylic acids is 3. The highest BCUT2D eigenvalue weighted by Gasteiger charge is 2.24. The average molecular weight is 732 g/mol. The van der Waals surface area contributed by atoms with Gasteiger partial charge in [-0.25, -0.2) is 0 Å². The summed E-state index contributed by atoms with van der Waals surface area (Å²) < 4.78 is 27.8. The second-order valence-electron chi connectivity index (χ2n) is 11.6. The quantitative estimate of drug-likeness (QED) is 0.0839. The van der Waals surface area contributed by atoms with Gasteiger partial charge in [-0.05, 0) is 60.2 Å². The second kappa shape index (κ2) is 17.2. The Morgan fingerprint density at radius 2 is 1.34 bits per heavy atom. The highest BCUT2D eigenvalue weighted by Crippen LogP contribution is 2.39. The van der Waals surface area contributed by atoms with E-state index in [1.807, 2.05) is 36.4 Å². The predicted molar refractivity (Wildman–Crippen MR) is 204 cm³/mol. The highest BCUT2D eigenvalue weighted by molar-refractivity contribution is 8.00. The van der Waals surface area contributed by atoms with Gasteiger partial charge in [0.15, 0.2) is 23.0 Å². The maximum Gasteiger partial charge on any atom is 0.272 e. The average Bonchev–Trinajstić information content (AvgIpc) is 3.20. The number of rotatable bonds is 13. The number of carbonyl (C=O) groups is 3. The van der Waals surface area contributed by atoms with Crippen LogP contribution >= 0.6 is 11.8 Å². The lowest BCUT2D eigenvalue weighted by molar-refractivity contribution is -0.116. The number of ether oxygens (including phenoxy) is 5. The van der Waals surface area contributed by atoms with Crippen LogP contribution < -0.4 is 39.6 Å². The Bertz CT molecular complexity index is 2130. The van der Waals surface area contributed by atoms with Gasteiger partial charge >= 0.3 is 0 Å². The van der Waals surface area contributed by atoms with Crippen LogP contribution in [0, 0.1) is 0 Å². The van der Waals surface area contributed by atoms with Crippen molar-refractivity contribution in [1.29, 1.82) is 0 Å². The van der Waals surface area contributed by atoms with Crippen molar-refractivity contribution < 1.29 is 38.1 Å². The molecule has 1 unspecified atom stereocenters. The number of anilines is 2. The Kier molecular flexibility index (Phi) is 11.8. The van der Waals surface area contributed by atoms with Crippen molar-refractivity contribution in [2.45, 2.75) is 10.1 Å². The van der Waals surface area contributed by atoms with Crippen LogP contribution in [0.4, 0.5) is 11.4 Å². The maximum atomic E-state index is 13.9. The molecule has 270 valence electrons. The van der Waals surface area contributed by atoms with Crippen molar-refractivity contribution >= 4 is 46.9 Å². The van der Waals surface area contributed by atoms with Crippen molar-refractivity contribution in [3.05, 3.63) is 138 Å². The molecule has 1 aliphatic heterocycles. The first-order valence-electron chi connectivity index (χ1n) is 16.6. The standard InChI is InChI=1S/C41H37N3O8S/c1-48-34-25-36(50-3)35(49-2)22-28(34)21-32(44-39(45)27-13-8-5-9-14-27)40(46)42-29-15-10-16-31(23-29)53-38(26-11-6-4-7-12-26)41(47)43-30-17-18-33-37(24-30)52-20-19-51-33/h4-18,21-25,38H,19-20H2,1-3H3,(H,42,46)(H,43,47)(H,44,45)/b32-21+. The van der Waals surface area contributed by atoms with Crippen molar-refractivity contribution in [3.8, 4) is 28.7 Å². The molecule has 0 aromatic heterocycles. The Hall–Kier alpha value is -6.40. The maximum absolute atomic E-state index is 13.9. The Balaban J connectivity index is 1.26. The number of fused-ring (bicyclic) bond motifs is 1. The first kappa shape index (κ1) is 36.4. The molecule has 0 bridgehead atoms. The minimum atomic E-state index is -0.645. The third-order valence-electron chi connectivity index (χ3n) is 8.06. The number of methoxy groups -OCH3 is 3. The van der Waals surface area contributed by atoms with Crippen LogP contribution in [0.5, 0.6) is 28.7 Å². The van der Waals surface area contributed by atoms with Gasteiger partial charge in [0.1, 0.15) is 29.9 Å². The van der Waals surface area contributed by atoms with E-state index in [0.717, 1.165) is 10.5 Å². The van der Waals surface area contributed by atoms with Crippen molar-refractivity contribution in [2.75, 3.05) is 45.2 Å². The van der Waals surface area contributed by atoms with E-state index in [2.05, 4.69) is 16.0 Å². The molecule has 1 atom stereocenters. The molecule has 5 aromatic carbocycles. The second-order valence-corrected chi connectivity index (χ2v) is 12.7. The number of hydrogen-bond acceptors (Lipinski definition) is 9. The van der Waals surface area contributed by atoms with E-state index in [0.29, 0.717) is 64.5 Å². The minimum absolute atomic E-state index is 0.0524. The zero-order chi connectivity index (χ0) is 37.2. The Morgan fingerprint density at radius 3 is 2.06 bits per heavy atom. The molecule has 0 saturated heterocycles. The minimum Gasteiger partial charge on any atom is -0.496 e. The molecule has 1 heterocycles. The van der Waals surface area contributed by atoms with Crippen molar-refractivity contribution in [2.24, 2.45) is 0 Å². The lowest BCUT2D eigenvalue weighted by Crippen LogP contribution is -2.30. The highest BCUT2D eigenvalue weighted by atomic mass is 32.2. The molecule has 0 radical (unpaired) electrons. The first-order valence-corrected chi connectivity index (χ1v) is 17.4. The summed E-state index contributed by atoms with van der Waals surface area (Å²) in [6.07, 6.45) is 1.50. The zero-order valence-electron chi connectivity index (χ0n) is 29.2. The smallest absolute Gasteiger partial charge is 0.272 e. The summed E-state index contributed by atoms with van der Waals surface area (Å²) in [5.74, 6) is 1.11. The summed E-state index contributed by atoms with van der Waals surface area (Å²) in [6, 6.07) is 33.7. The van der Waals surface area contributed by atoms with E-state index < -0.39 is 17.1 Å². The summed E-state index contributed by atoms with van der Waals surface area (Å²) in [6.45, 7) is 0.901. The van der Waals surface area contributed by atoms with Gasteiger partial charge in [0, 0.05) is 39.5 Å². The van der Waals surface area contributed by atoms with Gasteiger partial charge in [-0.15, -0.1) is 11.8 Å². The lowest BCUT2D eigenvalue weighted by Gasteiger charge is -2.20. The van der Waals surface area contributed by atoms with E-state index in [9.17, 15) is 14.4 Å². The third-order valence-corrected chi connectivity index (χ3v) is 9.31. The molecule has 0 spiro atoms. The van der Waals surface area contributed by atoms with Crippen LogP contribution in [0.25, 0.3) is 6.08 Å². The molecule has 11 nitrogen and oxygen atoms in total. The fourth-order valence-electron chi connectivity index (χ4n) is 5.47. The van der Waals surface area contributed by atoms with E-state index >= 15 is 0 Å². The summed E-state index contributed by atoms with van der Waals surface area (Å²) in [5, 5.41) is 8.02. The third kappa shape index (κ3) is 9.10. The summed E-state index contributed by atoms with van der Waals surface area (Å²) in [7, 11) is 4.49. The molecule has 3 N–H and O–H groups in total. The van der Waals surface area contributed by atoms with Gasteiger partial charge in [0.25, 0.3) is 11.8 Å². The fraction of sp³-hybridized carbons (Fsp3) is 0.146. The number of amides is 3. The van der Waals surface area contributed by atoms with Crippen LogP contribution in [-0.2, 0) is 9.59 Å². The van der Waals surface area contributed by atoms with E-state index in [1.54, 1.807) is 78.9 Å². The van der Waals surface area contributed by atoms with Crippen molar-refractivity contribution in [1.82, 2.24) is 5.32 Å². The molecule has 53 heavy (non-hydrogen) atoms. The number of benzene rings is 5. The predicted octanol–water partition coefficient (Wildman–Crippen LogP) is 7.37. The Morgan fingerprint density at radius 1 is 0.679 bits per heavy atom. The molecular weight excluding hydrogens is 695 g/mol. The fourth-order valence-corrected chi connectivity index (χ4v) is 6.56. The molecule has 3 amide bonds. The monoisotopic (exact) mass is 731 g/mol. The summed E-state index contributed by atoms with van der Waals surface area (Å²) in [4.78, 5) is 41.8. The molecule has 0 saturated carbocycles. The van der Waals surface area contributed by atoms with E-state index in [-0.39, 0.29) is 11.6 Å². The Labute approximate surface area is 311 Å². The van der Waals surface area contributed by atoms with Crippen LogP contribution in [0.2, 0.25) is 0 Å². The number of thioether (sulfide) groups is 1. The van der Waals surface area contributed by atoms with Gasteiger partial charge in [0.2, 0.25) is 5.91 Å². The number of hydrogen-bond donors (Lipinski definition) is 3. The molecule has 5 aromatic rings. The molecule has 12 heteroatoms. The van der Waals surface area contributed by atoms with Gasteiger partial charge in [0.05, 0.1) is 21.3 Å². The molecule has 6 rings (SSSR count). The molecule has 1 aliphatic rings. The molecule has 0 aliphatic carbocycles. The largest absolute Gasteiger partial charge is 0.496 e. The number of nitrogens with one attached hydrogen (secondary N) is 3. The lowest BCUT2D eigenvalue weighted by atomic mass is 10.1. The van der Waals surface area contributed by atoms with Crippen molar-refractivity contribution in [3.63, 3.8) is 0 Å². The first-order chi connectivity index (χ1) is 25.8. The normalized spacial score (nSPS) is 12.5. The van der Waals surface area contributed by atoms with Gasteiger partial charge in [-0.3, -0.25) is 14.4 Å². The van der Waals surface area contributed by atoms with Crippen LogP contribution in [0.1, 0.15) is 26.7 Å². The van der Waals surface area contributed by atoms with Gasteiger partial charge in [-0.2, -0.15) is 0 Å². The zero-order valence-corrected chi connectivity index (χ0v) is 30.0. The van der Waals surface area contributed by atoms with E-state index in [1.165, 1.54) is 39.2 Å². The van der Waals surface area contributed by atoms with Crippen LogP contribution in [-0.4, -0.2) is 52.3 Å². The van der Waals surface area contributed by atoms with E-state index in [4.69, 9.17) is 23.7 Å². The van der Waals surface area contributed by atoms with Gasteiger partial charge in [-0.1, -0.05) is 54.6 Å². The topological polar surface area (TPSA) is 133 Å². The molecular formula is C41H37N3O8S. The van der Waals surface area contributed by atoms with Crippen LogP contribution in [0.3, 0.4) is 0 Å². The summed E-state index contributed by atoms with van der Waals surface area (Å²) >= 11 is 1.32.